The Bertz CT molecular complexity index is 693. The van der Waals surface area contributed by atoms with E-state index >= 15 is 0 Å². The number of carbonyl (C=O) groups is 2. The van der Waals surface area contributed by atoms with Gasteiger partial charge in [0, 0.05) is 37.3 Å². The van der Waals surface area contributed by atoms with E-state index in [0.29, 0.717) is 6.61 Å². The van der Waals surface area contributed by atoms with Gasteiger partial charge in [-0.2, -0.15) is 0 Å². The number of rotatable bonds is 8. The van der Waals surface area contributed by atoms with Crippen LogP contribution in [-0.4, -0.2) is 53.3 Å². The van der Waals surface area contributed by atoms with Crippen LogP contribution in [0.15, 0.2) is 30.5 Å². The molecule has 2 aromatic rings. The average molecular weight is 318 g/mol. The van der Waals surface area contributed by atoms with Crippen LogP contribution in [0, 0.1) is 0 Å². The maximum atomic E-state index is 12.5. The first-order valence-electron chi connectivity index (χ1n) is 7.62. The number of amides is 1. The summed E-state index contributed by atoms with van der Waals surface area (Å²) in [6.07, 6.45) is 2.16. The summed E-state index contributed by atoms with van der Waals surface area (Å²) in [7, 11) is 1.53. The number of ether oxygens (including phenoxy) is 1. The molecule has 0 radical (unpaired) electrons. The third-order valence-corrected chi connectivity index (χ3v) is 3.80. The lowest BCUT2D eigenvalue weighted by molar-refractivity contribution is -0.144. The molecule has 0 spiro atoms. The summed E-state index contributed by atoms with van der Waals surface area (Å²) in [6, 6.07) is 7.92. The highest BCUT2D eigenvalue weighted by atomic mass is 16.5. The number of aromatic nitrogens is 1. The smallest absolute Gasteiger partial charge is 0.323 e. The highest BCUT2D eigenvalue weighted by Gasteiger charge is 2.19. The Morgan fingerprint density at radius 3 is 2.70 bits per heavy atom. The van der Waals surface area contributed by atoms with Gasteiger partial charge in [0.2, 0.25) is 5.91 Å². The molecule has 0 saturated carbocycles. The molecule has 0 fully saturated rings. The first kappa shape index (κ1) is 17.0. The lowest BCUT2D eigenvalue weighted by Crippen LogP contribution is -2.38. The van der Waals surface area contributed by atoms with Gasteiger partial charge >= 0.3 is 5.97 Å². The maximum absolute atomic E-state index is 12.5. The van der Waals surface area contributed by atoms with Gasteiger partial charge in [0.1, 0.15) is 6.54 Å². The fraction of sp³-hybridized carbons (Fsp3) is 0.412. The van der Waals surface area contributed by atoms with Crippen molar-refractivity contribution in [2.24, 2.45) is 0 Å². The van der Waals surface area contributed by atoms with Crippen molar-refractivity contribution in [2.45, 2.75) is 19.9 Å². The fourth-order valence-electron chi connectivity index (χ4n) is 2.66. The van der Waals surface area contributed by atoms with Crippen LogP contribution in [0.25, 0.3) is 10.9 Å². The maximum Gasteiger partial charge on any atom is 0.323 e. The number of carbonyl (C=O) groups excluding carboxylic acids is 1. The van der Waals surface area contributed by atoms with E-state index in [1.54, 1.807) is 0 Å². The summed E-state index contributed by atoms with van der Waals surface area (Å²) < 4.78 is 7.05. The first-order valence-corrected chi connectivity index (χ1v) is 7.62. The van der Waals surface area contributed by atoms with Crippen molar-refractivity contribution in [3.63, 3.8) is 0 Å². The standard InChI is InChI=1S/C17H22N2O4/c1-3-18-11-13(14-6-4-5-7-15(14)18)10-16(20)19(8-9-23-2)12-17(21)22/h4-7,11H,3,8-10,12H2,1-2H3,(H,21,22). The second kappa shape index (κ2) is 7.78. The Hall–Kier alpha value is -2.34. The van der Waals surface area contributed by atoms with Gasteiger partial charge in [-0.25, -0.2) is 0 Å². The van der Waals surface area contributed by atoms with E-state index in [1.807, 2.05) is 37.4 Å². The number of hydrogen-bond acceptors (Lipinski definition) is 3. The lowest BCUT2D eigenvalue weighted by Gasteiger charge is -2.20. The SMILES string of the molecule is CCn1cc(CC(=O)N(CCOC)CC(=O)O)c2ccccc21. The molecule has 0 atom stereocenters. The van der Waals surface area contributed by atoms with Crippen molar-refractivity contribution in [3.8, 4) is 0 Å². The zero-order valence-electron chi connectivity index (χ0n) is 13.5. The molecular formula is C17H22N2O4. The number of benzene rings is 1. The van der Waals surface area contributed by atoms with Gasteiger partial charge < -0.3 is 19.3 Å². The molecule has 1 aromatic carbocycles. The number of para-hydroxylation sites is 1. The number of aryl methyl sites for hydroxylation is 1. The topological polar surface area (TPSA) is 71.8 Å². The van der Waals surface area contributed by atoms with E-state index in [0.717, 1.165) is 23.0 Å². The number of carboxylic acids is 1. The minimum atomic E-state index is -1.02. The molecule has 124 valence electrons. The minimum absolute atomic E-state index is 0.185. The molecule has 0 aliphatic rings. The lowest BCUT2D eigenvalue weighted by atomic mass is 10.1. The van der Waals surface area contributed by atoms with Gasteiger partial charge in [0.25, 0.3) is 0 Å². The van der Waals surface area contributed by atoms with Gasteiger partial charge in [0.15, 0.2) is 0 Å². The minimum Gasteiger partial charge on any atom is -0.480 e. The van der Waals surface area contributed by atoms with E-state index < -0.39 is 5.97 Å². The van der Waals surface area contributed by atoms with Crippen LogP contribution in [-0.2, 0) is 27.3 Å². The largest absolute Gasteiger partial charge is 0.480 e. The molecule has 1 N–H and O–H groups in total. The number of nitrogens with zero attached hydrogens (tertiary/aromatic N) is 2. The van der Waals surface area contributed by atoms with Crippen LogP contribution in [0.4, 0.5) is 0 Å². The van der Waals surface area contributed by atoms with Crippen molar-refractivity contribution in [1.82, 2.24) is 9.47 Å². The predicted octanol–water partition coefficient (Wildman–Crippen LogP) is 1.76. The summed E-state index contributed by atoms with van der Waals surface area (Å²) in [5, 5.41) is 10.0. The van der Waals surface area contributed by atoms with Crippen LogP contribution in [0.2, 0.25) is 0 Å². The fourth-order valence-corrected chi connectivity index (χ4v) is 2.66. The van der Waals surface area contributed by atoms with Gasteiger partial charge in [-0.15, -0.1) is 0 Å². The zero-order valence-corrected chi connectivity index (χ0v) is 13.5. The quantitative estimate of drug-likeness (QED) is 0.805. The summed E-state index contributed by atoms with van der Waals surface area (Å²) in [5.41, 5.74) is 2.00. The monoisotopic (exact) mass is 318 g/mol. The van der Waals surface area contributed by atoms with Crippen molar-refractivity contribution >= 4 is 22.8 Å². The molecule has 1 aromatic heterocycles. The van der Waals surface area contributed by atoms with Crippen LogP contribution < -0.4 is 0 Å². The number of hydrogen-bond donors (Lipinski definition) is 1. The van der Waals surface area contributed by atoms with E-state index in [2.05, 4.69) is 4.57 Å². The van der Waals surface area contributed by atoms with Crippen molar-refractivity contribution in [3.05, 3.63) is 36.0 Å². The Morgan fingerprint density at radius 2 is 2.04 bits per heavy atom. The zero-order chi connectivity index (χ0) is 16.8. The molecule has 1 amide bonds. The predicted molar refractivity (Wildman–Crippen MR) is 87.4 cm³/mol. The van der Waals surface area contributed by atoms with Gasteiger partial charge in [-0.1, -0.05) is 18.2 Å². The van der Waals surface area contributed by atoms with Gasteiger partial charge in [0.05, 0.1) is 13.0 Å². The number of fused-ring (bicyclic) bond motifs is 1. The van der Waals surface area contributed by atoms with E-state index in [9.17, 15) is 9.59 Å². The summed E-state index contributed by atoms with van der Waals surface area (Å²) in [5.74, 6) is -1.23. The Labute approximate surface area is 135 Å². The normalized spacial score (nSPS) is 10.9. The number of aliphatic carboxylic acids is 1. The first-order chi connectivity index (χ1) is 11.1. The highest BCUT2D eigenvalue weighted by molar-refractivity contribution is 5.90. The molecule has 6 heteroatoms. The molecular weight excluding hydrogens is 296 g/mol. The summed E-state index contributed by atoms with van der Waals surface area (Å²) >= 11 is 0. The van der Waals surface area contributed by atoms with Crippen LogP contribution >= 0.6 is 0 Å². The second-order valence-corrected chi connectivity index (χ2v) is 5.34. The Balaban J connectivity index is 2.22. The average Bonchev–Trinajstić information content (AvgIpc) is 2.89. The van der Waals surface area contributed by atoms with Crippen LogP contribution in [0.5, 0.6) is 0 Å². The van der Waals surface area contributed by atoms with Crippen LogP contribution in [0.1, 0.15) is 12.5 Å². The van der Waals surface area contributed by atoms with Crippen molar-refractivity contribution in [1.29, 1.82) is 0 Å². The molecule has 2 rings (SSSR count). The van der Waals surface area contributed by atoms with Crippen LogP contribution in [0.3, 0.4) is 0 Å². The molecule has 0 aliphatic carbocycles. The molecule has 0 saturated heterocycles. The molecule has 0 bridgehead atoms. The third kappa shape index (κ3) is 4.10. The van der Waals surface area contributed by atoms with Gasteiger partial charge in [-0.3, -0.25) is 9.59 Å². The number of carboxylic acid groups (broad SMARTS) is 1. The summed E-state index contributed by atoms with van der Waals surface area (Å²) in [6.45, 7) is 3.14. The van der Waals surface area contributed by atoms with Crippen molar-refractivity contribution in [2.75, 3.05) is 26.8 Å². The second-order valence-electron chi connectivity index (χ2n) is 5.34. The van der Waals surface area contributed by atoms with E-state index in [-0.39, 0.29) is 25.4 Å². The molecule has 0 unspecified atom stereocenters. The Kier molecular flexibility index (Phi) is 5.76. The molecule has 1 heterocycles. The molecule has 23 heavy (non-hydrogen) atoms. The van der Waals surface area contributed by atoms with E-state index in [4.69, 9.17) is 9.84 Å². The number of methoxy groups -OCH3 is 1. The third-order valence-electron chi connectivity index (χ3n) is 3.80. The van der Waals surface area contributed by atoms with Crippen molar-refractivity contribution < 1.29 is 19.4 Å². The molecule has 0 aliphatic heterocycles. The molecule has 6 nitrogen and oxygen atoms in total. The Morgan fingerprint density at radius 1 is 1.30 bits per heavy atom. The summed E-state index contributed by atoms with van der Waals surface area (Å²) in [4.78, 5) is 24.8. The van der Waals surface area contributed by atoms with Gasteiger partial charge in [-0.05, 0) is 18.6 Å². The highest BCUT2D eigenvalue weighted by Crippen LogP contribution is 2.22. The van der Waals surface area contributed by atoms with E-state index in [1.165, 1.54) is 12.0 Å².